The van der Waals surface area contributed by atoms with E-state index in [1.54, 1.807) is 0 Å². The number of aromatic nitrogens is 1. The second-order valence-corrected chi connectivity index (χ2v) is 3.81. The maximum Gasteiger partial charge on any atom is 0.311 e. The number of carbonyl (C=O) groups excluding carboxylic acids is 1. The van der Waals surface area contributed by atoms with Crippen molar-refractivity contribution in [3.05, 3.63) is 33.2 Å². The summed E-state index contributed by atoms with van der Waals surface area (Å²) in [6.07, 6.45) is -3.00. The van der Waals surface area contributed by atoms with Gasteiger partial charge in [0, 0.05) is 11.0 Å². The second kappa shape index (κ2) is 5.90. The summed E-state index contributed by atoms with van der Waals surface area (Å²) in [7, 11) is 1.21. The highest BCUT2D eigenvalue weighted by atomic mass is 79.9. The molecule has 0 saturated heterocycles. The highest BCUT2D eigenvalue weighted by molar-refractivity contribution is 9.08. The van der Waals surface area contributed by atoms with Crippen LogP contribution in [0.1, 0.15) is 23.2 Å². The van der Waals surface area contributed by atoms with Crippen LogP contribution in [0.4, 0.5) is 8.78 Å². The maximum absolute atomic E-state index is 12.5. The fraction of sp³-hybridized carbons (Fsp3) is 0.400. The van der Waals surface area contributed by atoms with Crippen molar-refractivity contribution in [2.75, 3.05) is 7.11 Å². The molecule has 17 heavy (non-hydrogen) atoms. The molecule has 0 radical (unpaired) electrons. The second-order valence-electron chi connectivity index (χ2n) is 3.24. The molecule has 0 unspecified atom stereocenters. The normalized spacial score (nSPS) is 10.6. The Balaban J connectivity index is 3.19. The van der Waals surface area contributed by atoms with Crippen LogP contribution >= 0.6 is 15.9 Å². The van der Waals surface area contributed by atoms with Gasteiger partial charge in [-0.25, -0.2) is 8.78 Å². The standard InChI is InChI=1S/C10H10BrF2NO3/c1-17-8(15)3-7-5(4-11)2-6(9(12)13)10(16)14-7/h2,9H,3-4H2,1H3,(H,14,16). The molecule has 0 aliphatic heterocycles. The summed E-state index contributed by atoms with van der Waals surface area (Å²) in [5, 5.41) is 0.260. The molecule has 7 heteroatoms. The number of aromatic amines is 1. The number of hydrogen-bond acceptors (Lipinski definition) is 3. The summed E-state index contributed by atoms with van der Waals surface area (Å²) in [6, 6.07) is 1.09. The van der Waals surface area contributed by atoms with Gasteiger partial charge in [-0.3, -0.25) is 9.59 Å². The van der Waals surface area contributed by atoms with Gasteiger partial charge in [0.2, 0.25) is 0 Å². The van der Waals surface area contributed by atoms with E-state index in [9.17, 15) is 18.4 Å². The molecular weight excluding hydrogens is 300 g/mol. The molecule has 94 valence electrons. The number of methoxy groups -OCH3 is 1. The number of pyridine rings is 1. The Labute approximate surface area is 104 Å². The van der Waals surface area contributed by atoms with Gasteiger partial charge in [0.05, 0.1) is 19.1 Å². The Bertz CT molecular complexity index is 473. The fourth-order valence-corrected chi connectivity index (χ4v) is 1.79. The number of alkyl halides is 3. The molecule has 0 bridgehead atoms. The lowest BCUT2D eigenvalue weighted by atomic mass is 10.1. The lowest BCUT2D eigenvalue weighted by molar-refractivity contribution is -0.139. The summed E-state index contributed by atoms with van der Waals surface area (Å²) < 4.78 is 29.4. The Hall–Kier alpha value is -1.24. The van der Waals surface area contributed by atoms with Crippen LogP contribution in [0, 0.1) is 0 Å². The monoisotopic (exact) mass is 309 g/mol. The zero-order valence-corrected chi connectivity index (χ0v) is 10.5. The molecule has 0 aliphatic rings. The number of hydrogen-bond donors (Lipinski definition) is 1. The van der Waals surface area contributed by atoms with Gasteiger partial charge in [0.15, 0.2) is 0 Å². The third-order valence-corrected chi connectivity index (χ3v) is 2.78. The number of carbonyl (C=O) groups is 1. The molecule has 0 atom stereocenters. The zero-order valence-electron chi connectivity index (χ0n) is 8.93. The van der Waals surface area contributed by atoms with Crippen LogP contribution < -0.4 is 5.56 Å². The van der Waals surface area contributed by atoms with Crippen LogP contribution in [-0.2, 0) is 21.3 Å². The van der Waals surface area contributed by atoms with E-state index in [0.29, 0.717) is 5.56 Å². The first-order valence-corrected chi connectivity index (χ1v) is 5.77. The molecule has 0 saturated carbocycles. The smallest absolute Gasteiger partial charge is 0.311 e. The Morgan fingerprint density at radius 3 is 2.71 bits per heavy atom. The van der Waals surface area contributed by atoms with Crippen molar-refractivity contribution in [2.45, 2.75) is 18.2 Å². The highest BCUT2D eigenvalue weighted by Crippen LogP contribution is 2.19. The molecule has 0 fully saturated rings. The van der Waals surface area contributed by atoms with Crippen molar-refractivity contribution < 1.29 is 18.3 Å². The fourth-order valence-electron chi connectivity index (χ4n) is 1.29. The van der Waals surface area contributed by atoms with Gasteiger partial charge in [-0.1, -0.05) is 15.9 Å². The van der Waals surface area contributed by atoms with E-state index in [4.69, 9.17) is 0 Å². The van der Waals surface area contributed by atoms with Crippen LogP contribution in [-0.4, -0.2) is 18.1 Å². The average molecular weight is 310 g/mol. The number of ether oxygens (including phenoxy) is 1. The molecule has 0 amide bonds. The lowest BCUT2D eigenvalue weighted by Crippen LogP contribution is -2.19. The number of nitrogens with one attached hydrogen (secondary N) is 1. The quantitative estimate of drug-likeness (QED) is 0.683. The number of esters is 1. The molecule has 1 N–H and O–H groups in total. The van der Waals surface area contributed by atoms with E-state index in [-0.39, 0.29) is 17.4 Å². The van der Waals surface area contributed by atoms with Crippen LogP contribution in [0.5, 0.6) is 0 Å². The summed E-state index contributed by atoms with van der Waals surface area (Å²) >= 11 is 3.11. The number of halogens is 3. The van der Waals surface area contributed by atoms with Crippen molar-refractivity contribution >= 4 is 21.9 Å². The van der Waals surface area contributed by atoms with Gasteiger partial charge in [-0.05, 0) is 11.6 Å². The van der Waals surface area contributed by atoms with E-state index in [1.807, 2.05) is 0 Å². The van der Waals surface area contributed by atoms with Crippen molar-refractivity contribution in [2.24, 2.45) is 0 Å². The van der Waals surface area contributed by atoms with E-state index >= 15 is 0 Å². The molecule has 1 aromatic rings. The third kappa shape index (κ3) is 3.36. The summed E-state index contributed by atoms with van der Waals surface area (Å²) in [5.74, 6) is -0.548. The molecule has 0 spiro atoms. The first-order valence-electron chi connectivity index (χ1n) is 4.65. The summed E-state index contributed by atoms with van der Waals surface area (Å²) in [5.41, 5.74) is -0.773. The Morgan fingerprint density at radius 1 is 1.59 bits per heavy atom. The molecule has 0 aliphatic carbocycles. The van der Waals surface area contributed by atoms with Crippen molar-refractivity contribution in [1.82, 2.24) is 4.98 Å². The SMILES string of the molecule is COC(=O)Cc1[nH]c(=O)c(C(F)F)cc1CBr. The number of rotatable bonds is 4. The van der Waals surface area contributed by atoms with Crippen LogP contribution in [0.25, 0.3) is 0 Å². The average Bonchev–Trinajstić information content (AvgIpc) is 2.28. The van der Waals surface area contributed by atoms with Crippen LogP contribution in [0.2, 0.25) is 0 Å². The predicted octanol–water partition coefficient (Wildman–Crippen LogP) is 1.92. The van der Waals surface area contributed by atoms with E-state index in [1.165, 1.54) is 7.11 Å². The molecule has 0 aromatic carbocycles. The van der Waals surface area contributed by atoms with Crippen molar-refractivity contribution in [3.63, 3.8) is 0 Å². The minimum Gasteiger partial charge on any atom is -0.469 e. The Kier molecular flexibility index (Phi) is 4.80. The highest BCUT2D eigenvalue weighted by Gasteiger charge is 2.17. The maximum atomic E-state index is 12.5. The van der Waals surface area contributed by atoms with Gasteiger partial charge in [-0.15, -0.1) is 0 Å². The molecule has 4 nitrogen and oxygen atoms in total. The molecule has 1 aromatic heterocycles. The van der Waals surface area contributed by atoms with Crippen LogP contribution in [0.15, 0.2) is 10.9 Å². The lowest BCUT2D eigenvalue weighted by Gasteiger charge is -2.08. The molecular formula is C10H10BrF2NO3. The summed E-state index contributed by atoms with van der Waals surface area (Å²) in [6.45, 7) is 0. The molecule has 1 rings (SSSR count). The zero-order chi connectivity index (χ0) is 13.0. The van der Waals surface area contributed by atoms with E-state index in [0.717, 1.165) is 6.07 Å². The predicted molar refractivity (Wildman–Crippen MR) is 60.4 cm³/mol. The number of H-pyrrole nitrogens is 1. The minimum atomic E-state index is -2.84. The topological polar surface area (TPSA) is 59.2 Å². The first kappa shape index (κ1) is 13.8. The van der Waals surface area contributed by atoms with Crippen LogP contribution in [0.3, 0.4) is 0 Å². The third-order valence-electron chi connectivity index (χ3n) is 2.17. The first-order chi connectivity index (χ1) is 7.99. The van der Waals surface area contributed by atoms with E-state index < -0.39 is 23.5 Å². The van der Waals surface area contributed by atoms with Gasteiger partial charge < -0.3 is 9.72 Å². The van der Waals surface area contributed by atoms with Gasteiger partial charge in [0.1, 0.15) is 0 Å². The van der Waals surface area contributed by atoms with E-state index in [2.05, 4.69) is 25.7 Å². The van der Waals surface area contributed by atoms with Crippen molar-refractivity contribution in [3.8, 4) is 0 Å². The largest absolute Gasteiger partial charge is 0.469 e. The van der Waals surface area contributed by atoms with Crippen molar-refractivity contribution in [1.29, 1.82) is 0 Å². The van der Waals surface area contributed by atoms with Gasteiger partial charge in [-0.2, -0.15) is 0 Å². The minimum absolute atomic E-state index is 0.157. The Morgan fingerprint density at radius 2 is 2.24 bits per heavy atom. The van der Waals surface area contributed by atoms with Gasteiger partial charge >= 0.3 is 5.97 Å². The van der Waals surface area contributed by atoms with Gasteiger partial charge in [0.25, 0.3) is 12.0 Å². The molecule has 1 heterocycles. The summed E-state index contributed by atoms with van der Waals surface area (Å²) in [4.78, 5) is 24.7.